The summed E-state index contributed by atoms with van der Waals surface area (Å²) in [5.41, 5.74) is -2.00. The molecule has 1 saturated heterocycles. The molecule has 0 radical (unpaired) electrons. The van der Waals surface area contributed by atoms with Crippen molar-refractivity contribution in [1.29, 1.82) is 0 Å². The normalized spacial score (nSPS) is 57.5. The minimum absolute atomic E-state index is 0.0294. The maximum atomic E-state index is 12.7. The average molecular weight is 332 g/mol. The highest BCUT2D eigenvalue weighted by atomic mass is 16.6. The lowest BCUT2D eigenvalue weighted by molar-refractivity contribution is -0.162. The monoisotopic (exact) mass is 332 g/mol. The van der Waals surface area contributed by atoms with Crippen LogP contribution in [0.2, 0.25) is 0 Å². The standard InChI is InChI=1S/C19H24O5/c1-10-8-17-9-18(10,23)7-4-11(17)19-6-3-5-16(2,15(22)24-19)13(19)12(17)14(20)21/h11-13,23H,1,3-9H2,2H3,(H,20,21)/t11-,12+,13-,16-,17-,18-,19-/m0/s1. The van der Waals surface area contributed by atoms with Crippen LogP contribution in [0.3, 0.4) is 0 Å². The van der Waals surface area contributed by atoms with Crippen LogP contribution in [0.15, 0.2) is 12.2 Å². The van der Waals surface area contributed by atoms with Crippen LogP contribution in [0.4, 0.5) is 0 Å². The first-order valence-electron chi connectivity index (χ1n) is 9.07. The van der Waals surface area contributed by atoms with Gasteiger partial charge in [-0.05, 0) is 62.9 Å². The third-order valence-corrected chi connectivity index (χ3v) is 8.40. The zero-order chi connectivity index (χ0) is 17.1. The Morgan fingerprint density at radius 3 is 2.79 bits per heavy atom. The number of esters is 1. The van der Waals surface area contributed by atoms with E-state index in [0.717, 1.165) is 24.8 Å². The van der Waals surface area contributed by atoms with E-state index in [9.17, 15) is 19.8 Å². The first-order chi connectivity index (χ1) is 11.2. The Hall–Kier alpha value is -1.36. The molecule has 2 N–H and O–H groups in total. The molecule has 0 unspecified atom stereocenters. The minimum Gasteiger partial charge on any atom is -0.481 e. The Balaban J connectivity index is 1.75. The summed E-state index contributed by atoms with van der Waals surface area (Å²) in [5, 5.41) is 21.1. The predicted octanol–water partition coefficient (Wildman–Crippen LogP) is 2.28. The molecule has 1 aliphatic heterocycles. The van der Waals surface area contributed by atoms with Crippen molar-refractivity contribution in [3.05, 3.63) is 12.2 Å². The molecule has 5 aliphatic rings. The van der Waals surface area contributed by atoms with E-state index in [4.69, 9.17) is 4.74 Å². The molecular weight excluding hydrogens is 308 g/mol. The highest BCUT2D eigenvalue weighted by molar-refractivity contribution is 5.84. The molecular formula is C19H24O5. The van der Waals surface area contributed by atoms with E-state index in [0.29, 0.717) is 25.7 Å². The van der Waals surface area contributed by atoms with E-state index < -0.39 is 33.9 Å². The van der Waals surface area contributed by atoms with Crippen molar-refractivity contribution < 1.29 is 24.5 Å². The van der Waals surface area contributed by atoms with Gasteiger partial charge in [-0.25, -0.2) is 0 Å². The smallest absolute Gasteiger partial charge is 0.312 e. The number of carbonyl (C=O) groups is 2. The number of hydrogen-bond donors (Lipinski definition) is 2. The topological polar surface area (TPSA) is 83.8 Å². The van der Waals surface area contributed by atoms with Crippen LogP contribution in [0.25, 0.3) is 0 Å². The van der Waals surface area contributed by atoms with Crippen molar-refractivity contribution in [3.8, 4) is 0 Å². The zero-order valence-corrected chi connectivity index (χ0v) is 14.0. The van der Waals surface area contributed by atoms with Gasteiger partial charge in [-0.3, -0.25) is 9.59 Å². The summed E-state index contributed by atoms with van der Waals surface area (Å²) in [5.74, 6) is -1.92. The maximum Gasteiger partial charge on any atom is 0.312 e. The Bertz CT molecular complexity index is 700. The SMILES string of the molecule is C=C1C[C@]23C[C@@]1(O)CC[C@@H]2[C@]12CCC[C@](C)(C(=O)O1)[C@@H]2[C@@H]3C(=O)O. The van der Waals surface area contributed by atoms with Crippen molar-refractivity contribution in [2.45, 2.75) is 63.1 Å². The zero-order valence-electron chi connectivity index (χ0n) is 14.0. The fourth-order valence-electron chi connectivity index (χ4n) is 7.69. The average Bonchev–Trinajstić information content (AvgIpc) is 2.88. The molecule has 0 aromatic rings. The molecule has 0 aromatic heterocycles. The number of fused-ring (bicyclic) bond motifs is 1. The van der Waals surface area contributed by atoms with Crippen LogP contribution < -0.4 is 0 Å². The van der Waals surface area contributed by atoms with Crippen LogP contribution in [0.5, 0.6) is 0 Å². The van der Waals surface area contributed by atoms with Crippen LogP contribution >= 0.6 is 0 Å². The van der Waals surface area contributed by atoms with Gasteiger partial charge in [0.1, 0.15) is 5.60 Å². The molecule has 24 heavy (non-hydrogen) atoms. The molecule has 0 amide bonds. The van der Waals surface area contributed by atoms with Crippen LogP contribution in [-0.4, -0.2) is 33.4 Å². The number of carboxylic acids is 1. The number of hydrogen-bond acceptors (Lipinski definition) is 4. The van der Waals surface area contributed by atoms with Gasteiger partial charge in [-0.15, -0.1) is 0 Å². The predicted molar refractivity (Wildman–Crippen MR) is 83.9 cm³/mol. The lowest BCUT2D eigenvalue weighted by atomic mass is 9.60. The lowest BCUT2D eigenvalue weighted by Gasteiger charge is -2.45. The Kier molecular flexibility index (Phi) is 2.43. The van der Waals surface area contributed by atoms with Gasteiger partial charge in [-0.2, -0.15) is 0 Å². The molecule has 1 heterocycles. The summed E-state index contributed by atoms with van der Waals surface area (Å²) < 4.78 is 6.05. The van der Waals surface area contributed by atoms with E-state index in [1.807, 2.05) is 6.92 Å². The van der Waals surface area contributed by atoms with Crippen molar-refractivity contribution in [2.75, 3.05) is 0 Å². The molecule has 5 nitrogen and oxygen atoms in total. The Morgan fingerprint density at radius 2 is 2.08 bits per heavy atom. The fraction of sp³-hybridized carbons (Fsp3) is 0.789. The van der Waals surface area contributed by atoms with Gasteiger partial charge in [0.05, 0.1) is 16.9 Å². The molecule has 5 rings (SSSR count). The molecule has 5 heteroatoms. The summed E-state index contributed by atoms with van der Waals surface area (Å²) in [6.07, 6.45) is 4.72. The van der Waals surface area contributed by atoms with Gasteiger partial charge >= 0.3 is 11.9 Å². The number of carboxylic acid groups (broad SMARTS) is 1. The van der Waals surface area contributed by atoms with E-state index in [1.165, 1.54) is 0 Å². The van der Waals surface area contributed by atoms with Crippen LogP contribution in [-0.2, 0) is 14.3 Å². The van der Waals surface area contributed by atoms with Gasteiger partial charge in [0, 0.05) is 11.8 Å². The van der Waals surface area contributed by atoms with Crippen molar-refractivity contribution in [2.24, 2.45) is 28.6 Å². The first-order valence-corrected chi connectivity index (χ1v) is 9.07. The third-order valence-electron chi connectivity index (χ3n) is 8.40. The van der Waals surface area contributed by atoms with E-state index in [1.54, 1.807) is 0 Å². The van der Waals surface area contributed by atoms with Gasteiger partial charge in [0.2, 0.25) is 0 Å². The van der Waals surface area contributed by atoms with E-state index in [-0.39, 0.29) is 17.8 Å². The molecule has 130 valence electrons. The van der Waals surface area contributed by atoms with Gasteiger partial charge in [0.15, 0.2) is 0 Å². The minimum atomic E-state index is -0.932. The molecule has 0 aromatic carbocycles. The number of ether oxygens (including phenoxy) is 1. The molecule has 7 atom stereocenters. The second-order valence-electron chi connectivity index (χ2n) is 9.22. The third kappa shape index (κ3) is 1.29. The number of aliphatic hydroxyl groups is 1. The number of aliphatic carboxylic acids is 1. The second-order valence-corrected chi connectivity index (χ2v) is 9.22. The van der Waals surface area contributed by atoms with E-state index in [2.05, 4.69) is 6.58 Å². The summed E-state index contributed by atoms with van der Waals surface area (Å²) in [6.45, 7) is 5.98. The molecule has 4 saturated carbocycles. The van der Waals surface area contributed by atoms with Gasteiger partial charge in [0.25, 0.3) is 0 Å². The highest BCUT2D eigenvalue weighted by Crippen LogP contribution is 2.78. The summed E-state index contributed by atoms with van der Waals surface area (Å²) in [7, 11) is 0. The Labute approximate surface area is 141 Å². The van der Waals surface area contributed by atoms with E-state index >= 15 is 0 Å². The summed E-state index contributed by atoms with van der Waals surface area (Å²) >= 11 is 0. The fourth-order valence-corrected chi connectivity index (χ4v) is 7.69. The van der Waals surface area contributed by atoms with Gasteiger partial charge < -0.3 is 14.9 Å². The number of carbonyl (C=O) groups excluding carboxylic acids is 1. The van der Waals surface area contributed by atoms with Crippen molar-refractivity contribution >= 4 is 11.9 Å². The summed E-state index contributed by atoms with van der Waals surface area (Å²) in [4.78, 5) is 25.1. The summed E-state index contributed by atoms with van der Waals surface area (Å²) in [6, 6.07) is 0. The number of rotatable bonds is 1. The quantitative estimate of drug-likeness (QED) is 0.568. The van der Waals surface area contributed by atoms with Crippen LogP contribution in [0.1, 0.15) is 51.9 Å². The Morgan fingerprint density at radius 1 is 1.33 bits per heavy atom. The molecule has 4 bridgehead atoms. The van der Waals surface area contributed by atoms with Crippen LogP contribution in [0, 0.1) is 28.6 Å². The first kappa shape index (κ1) is 14.9. The van der Waals surface area contributed by atoms with Crippen molar-refractivity contribution in [1.82, 2.24) is 0 Å². The van der Waals surface area contributed by atoms with Gasteiger partial charge in [-0.1, -0.05) is 6.58 Å². The highest BCUT2D eigenvalue weighted by Gasteiger charge is 2.82. The molecule has 1 spiro atoms. The molecule has 4 aliphatic carbocycles. The maximum absolute atomic E-state index is 12.7. The second kappa shape index (κ2) is 3.90. The largest absolute Gasteiger partial charge is 0.481 e. The molecule has 5 fully saturated rings. The lowest BCUT2D eigenvalue weighted by Crippen LogP contribution is -2.48. The van der Waals surface area contributed by atoms with Crippen molar-refractivity contribution in [3.63, 3.8) is 0 Å².